The van der Waals surface area contributed by atoms with E-state index in [1.165, 1.54) is 28.7 Å². The molecule has 0 aliphatic carbocycles. The number of aliphatic hydroxyl groups is 1. The highest BCUT2D eigenvalue weighted by Gasteiger charge is 2.42. The van der Waals surface area contributed by atoms with Crippen molar-refractivity contribution in [3.8, 4) is 6.07 Å². The van der Waals surface area contributed by atoms with Crippen LogP contribution in [0, 0.1) is 17.2 Å². The Hall–Kier alpha value is -4.41. The highest BCUT2D eigenvalue weighted by atomic mass is 19.4. The van der Waals surface area contributed by atoms with Gasteiger partial charge in [0.1, 0.15) is 12.6 Å². The van der Waals surface area contributed by atoms with Gasteiger partial charge < -0.3 is 14.3 Å². The summed E-state index contributed by atoms with van der Waals surface area (Å²) < 4.78 is 47.9. The number of methoxy groups -OCH3 is 1. The van der Waals surface area contributed by atoms with Crippen molar-refractivity contribution >= 4 is 17.6 Å². The monoisotopic (exact) mass is 597 g/mol. The molecule has 1 saturated heterocycles. The van der Waals surface area contributed by atoms with Crippen molar-refractivity contribution < 1.29 is 32.3 Å². The van der Waals surface area contributed by atoms with Gasteiger partial charge in [0.05, 0.1) is 50.0 Å². The first kappa shape index (κ1) is 30.1. The number of H-pyrrole nitrogens is 1. The number of esters is 1. The second kappa shape index (κ2) is 11.3. The van der Waals surface area contributed by atoms with Crippen LogP contribution >= 0.6 is 0 Å². The smallest absolute Gasteiger partial charge is 0.416 e. The summed E-state index contributed by atoms with van der Waals surface area (Å²) in [6, 6.07) is 10.7. The Bertz CT molecular complexity index is 1680. The van der Waals surface area contributed by atoms with Gasteiger partial charge in [-0.2, -0.15) is 18.4 Å². The number of nitrogens with zero attached hydrogens (tertiary/aromatic N) is 5. The molecule has 1 aromatic heterocycles. The first-order valence-corrected chi connectivity index (χ1v) is 13.8. The summed E-state index contributed by atoms with van der Waals surface area (Å²) in [6.45, 7) is 3.74. The molecule has 2 aliphatic heterocycles. The number of likely N-dealkylation sites (tertiary alicyclic amines) is 1. The van der Waals surface area contributed by atoms with Gasteiger partial charge in [-0.1, -0.05) is 12.1 Å². The predicted octanol–water partition coefficient (Wildman–Crippen LogP) is 4.00. The van der Waals surface area contributed by atoms with Crippen LogP contribution in [0.3, 0.4) is 0 Å². The molecule has 0 amide bonds. The van der Waals surface area contributed by atoms with E-state index in [1.54, 1.807) is 25.1 Å². The van der Waals surface area contributed by atoms with Gasteiger partial charge in [-0.25, -0.2) is 19.3 Å². The van der Waals surface area contributed by atoms with Gasteiger partial charge in [-0.05, 0) is 48.7 Å². The van der Waals surface area contributed by atoms with Crippen LogP contribution in [0.25, 0.3) is 0 Å². The van der Waals surface area contributed by atoms with E-state index in [4.69, 9.17) is 4.74 Å². The van der Waals surface area contributed by atoms with Crippen molar-refractivity contribution in [1.82, 2.24) is 14.8 Å². The number of hydrogen-bond acceptors (Lipinski definition) is 7. The maximum Gasteiger partial charge on any atom is 0.416 e. The minimum Gasteiger partial charge on any atom is -0.466 e. The molecule has 0 radical (unpaired) electrons. The number of benzene rings is 2. The van der Waals surface area contributed by atoms with E-state index in [0.717, 1.165) is 43.6 Å². The van der Waals surface area contributed by atoms with E-state index in [0.29, 0.717) is 22.2 Å². The van der Waals surface area contributed by atoms with E-state index in [2.05, 4.69) is 23.3 Å². The van der Waals surface area contributed by atoms with Crippen molar-refractivity contribution in [3.63, 3.8) is 0 Å². The van der Waals surface area contributed by atoms with Crippen molar-refractivity contribution in [2.45, 2.75) is 38.5 Å². The van der Waals surface area contributed by atoms with Gasteiger partial charge in [0.25, 0.3) is 0 Å². The number of nitriles is 1. The standard InChI is InChI=1S/C30H31F3N6O4/c1-18-25(27(41)43-3)26(24-8-7-20(15-34)13-21(24)16-39(2)11-9-19(17-40)10-12-39)38-28(35-36-29(38)42)37(18)23-6-4-5-22(14-23)30(31,32)33/h4-8,13-14,19,26,40H,9-12,16-17H2,1-3H3/p+1. The van der Waals surface area contributed by atoms with Crippen molar-refractivity contribution in [2.24, 2.45) is 5.92 Å². The molecule has 1 atom stereocenters. The SMILES string of the molecule is COC(=O)C1=C(C)N(c2cccc(C(F)(F)F)c2)c2n[nH]c(=O)n2C1c1ccc(C#N)cc1C[N+]1(C)CCC(CO)CC1. The van der Waals surface area contributed by atoms with Crippen molar-refractivity contribution in [3.05, 3.63) is 86.5 Å². The molecule has 1 unspecified atom stereocenters. The van der Waals surface area contributed by atoms with Gasteiger partial charge in [0.15, 0.2) is 0 Å². The number of nitrogens with one attached hydrogen (secondary N) is 1. The van der Waals surface area contributed by atoms with Crippen LogP contribution < -0.4 is 10.6 Å². The molecule has 226 valence electrons. The molecule has 2 N–H and O–H groups in total. The zero-order valence-electron chi connectivity index (χ0n) is 24.0. The Morgan fingerprint density at radius 3 is 2.58 bits per heavy atom. The van der Waals surface area contributed by atoms with Gasteiger partial charge in [-0.15, -0.1) is 5.10 Å². The number of allylic oxidation sites excluding steroid dienone is 1. The van der Waals surface area contributed by atoms with Crippen LogP contribution in [0.5, 0.6) is 0 Å². The molecule has 43 heavy (non-hydrogen) atoms. The number of anilines is 2. The molecule has 5 rings (SSSR count). The predicted molar refractivity (Wildman–Crippen MR) is 150 cm³/mol. The third kappa shape index (κ3) is 5.55. The molecule has 13 heteroatoms. The summed E-state index contributed by atoms with van der Waals surface area (Å²) in [5.74, 6) is -0.545. The molecule has 0 spiro atoms. The number of quaternary nitrogens is 1. The highest BCUT2D eigenvalue weighted by molar-refractivity contribution is 5.93. The maximum absolute atomic E-state index is 13.6. The second-order valence-corrected chi connectivity index (χ2v) is 11.4. The fourth-order valence-corrected chi connectivity index (χ4v) is 6.15. The van der Waals surface area contributed by atoms with E-state index in [1.807, 2.05) is 0 Å². The van der Waals surface area contributed by atoms with Crippen LogP contribution in [0.4, 0.5) is 24.8 Å². The Labute approximate surface area is 245 Å². The minimum atomic E-state index is -4.62. The molecule has 3 heterocycles. The lowest BCUT2D eigenvalue weighted by molar-refractivity contribution is -0.928. The first-order chi connectivity index (χ1) is 20.4. The summed E-state index contributed by atoms with van der Waals surface area (Å²) in [7, 11) is 3.28. The van der Waals surface area contributed by atoms with Gasteiger partial charge in [0.2, 0.25) is 5.95 Å². The van der Waals surface area contributed by atoms with E-state index in [-0.39, 0.29) is 35.4 Å². The summed E-state index contributed by atoms with van der Waals surface area (Å²) >= 11 is 0. The fourth-order valence-electron chi connectivity index (χ4n) is 6.15. The average Bonchev–Trinajstić information content (AvgIpc) is 3.36. The van der Waals surface area contributed by atoms with Crippen LogP contribution in [0.15, 0.2) is 58.5 Å². The van der Waals surface area contributed by atoms with Crippen molar-refractivity contribution in [1.29, 1.82) is 5.26 Å². The summed E-state index contributed by atoms with van der Waals surface area (Å²) in [6.07, 6.45) is -2.97. The Balaban J connectivity index is 1.70. The molecule has 0 saturated carbocycles. The van der Waals surface area contributed by atoms with Crippen molar-refractivity contribution in [2.75, 3.05) is 38.8 Å². The summed E-state index contributed by atoms with van der Waals surface area (Å²) in [4.78, 5) is 28.1. The number of aromatic nitrogens is 3. The first-order valence-electron chi connectivity index (χ1n) is 13.8. The van der Waals surface area contributed by atoms with E-state index in [9.17, 15) is 33.1 Å². The lowest BCUT2D eigenvalue weighted by Crippen LogP contribution is -2.49. The number of halogens is 3. The molecular weight excluding hydrogens is 565 g/mol. The molecule has 10 nitrogen and oxygen atoms in total. The number of aliphatic hydroxyl groups excluding tert-OH is 1. The zero-order chi connectivity index (χ0) is 31.1. The number of alkyl halides is 3. The second-order valence-electron chi connectivity index (χ2n) is 11.4. The zero-order valence-corrected chi connectivity index (χ0v) is 24.0. The highest BCUT2D eigenvalue weighted by Crippen LogP contribution is 2.44. The van der Waals surface area contributed by atoms with Crippen LogP contribution in [-0.4, -0.2) is 64.2 Å². The van der Waals surface area contributed by atoms with Crippen LogP contribution in [-0.2, 0) is 22.3 Å². The summed E-state index contributed by atoms with van der Waals surface area (Å²) in [5, 5.41) is 25.9. The lowest BCUT2D eigenvalue weighted by atomic mass is 9.88. The Kier molecular flexibility index (Phi) is 7.93. The van der Waals surface area contributed by atoms with Crippen LogP contribution in [0.1, 0.15) is 48.1 Å². The number of carbonyl (C=O) groups is 1. The fraction of sp³-hybridized carbons (Fsp3) is 0.400. The molecule has 2 aromatic carbocycles. The quantitative estimate of drug-likeness (QED) is 0.325. The van der Waals surface area contributed by atoms with E-state index < -0.39 is 29.4 Å². The molecule has 2 aliphatic rings. The summed E-state index contributed by atoms with van der Waals surface area (Å²) in [5.41, 5.74) is 0.455. The number of hydrogen-bond donors (Lipinski definition) is 2. The van der Waals surface area contributed by atoms with Crippen LogP contribution in [0.2, 0.25) is 0 Å². The average molecular weight is 598 g/mol. The number of ether oxygens (including phenoxy) is 1. The van der Waals surface area contributed by atoms with E-state index >= 15 is 0 Å². The number of fused-ring (bicyclic) bond motifs is 1. The minimum absolute atomic E-state index is 0.000979. The third-order valence-electron chi connectivity index (χ3n) is 8.51. The largest absolute Gasteiger partial charge is 0.466 e. The number of carbonyl (C=O) groups excluding carboxylic acids is 1. The number of aromatic amines is 1. The molecular formula is C30H32F3N6O4+. The number of piperidine rings is 1. The van der Waals surface area contributed by atoms with Gasteiger partial charge in [-0.3, -0.25) is 4.90 Å². The normalized spacial score (nSPS) is 22.2. The van der Waals surface area contributed by atoms with Gasteiger partial charge in [0, 0.05) is 36.4 Å². The number of rotatable bonds is 6. The maximum atomic E-state index is 13.6. The molecule has 0 bridgehead atoms. The lowest BCUT2D eigenvalue weighted by Gasteiger charge is -2.41. The molecule has 3 aromatic rings. The topological polar surface area (TPSA) is 124 Å². The Morgan fingerprint density at radius 2 is 1.95 bits per heavy atom. The molecule has 1 fully saturated rings. The third-order valence-corrected chi connectivity index (χ3v) is 8.51. The Morgan fingerprint density at radius 1 is 1.23 bits per heavy atom. The van der Waals surface area contributed by atoms with Gasteiger partial charge >= 0.3 is 17.8 Å².